The van der Waals surface area contributed by atoms with Gasteiger partial charge in [-0.25, -0.2) is 5.32 Å². The van der Waals surface area contributed by atoms with E-state index in [0.717, 1.165) is 24.4 Å². The van der Waals surface area contributed by atoms with Crippen molar-refractivity contribution < 1.29 is 4.74 Å². The molecule has 1 aliphatic heterocycles. The third kappa shape index (κ3) is 2.70. The molecule has 0 spiro atoms. The smallest absolute Gasteiger partial charge is 0.0717 e. The van der Waals surface area contributed by atoms with Crippen molar-refractivity contribution in [2.75, 3.05) is 6.61 Å². The van der Waals surface area contributed by atoms with Gasteiger partial charge in [-0.2, -0.15) is 0 Å². The summed E-state index contributed by atoms with van der Waals surface area (Å²) in [5.74, 6) is 0. The molecule has 0 saturated carbocycles. The molecule has 0 saturated heterocycles. The Morgan fingerprint density at radius 1 is 0.950 bits per heavy atom. The zero-order valence-electron chi connectivity index (χ0n) is 11.9. The summed E-state index contributed by atoms with van der Waals surface area (Å²) in [5, 5.41) is 4.64. The first-order valence-corrected chi connectivity index (χ1v) is 7.40. The Hall–Kier alpha value is -1.80. The molecule has 1 aliphatic rings. The molecule has 0 fully saturated rings. The van der Waals surface area contributed by atoms with Crippen molar-refractivity contribution in [3.8, 4) is 11.1 Å². The monoisotopic (exact) mass is 266 g/mol. The number of benzene rings is 2. The van der Waals surface area contributed by atoms with Crippen molar-refractivity contribution in [3.63, 3.8) is 0 Å². The van der Waals surface area contributed by atoms with Gasteiger partial charge in [-0.1, -0.05) is 44.0 Å². The Kier molecular flexibility index (Phi) is 4.03. The Labute approximate surface area is 120 Å². The molecular formula is C18H20NO. The Bertz CT molecular complexity index is 592. The maximum absolute atomic E-state index is 5.74. The van der Waals surface area contributed by atoms with Crippen molar-refractivity contribution in [3.05, 3.63) is 48.0 Å². The van der Waals surface area contributed by atoms with Crippen LogP contribution in [-0.2, 0) is 11.3 Å². The number of hydrogen-bond acceptors (Lipinski definition) is 1. The lowest BCUT2D eigenvalue weighted by molar-refractivity contribution is 0.117. The fourth-order valence-electron chi connectivity index (χ4n) is 2.56. The number of para-hydroxylation sites is 1. The molecule has 0 aliphatic carbocycles. The van der Waals surface area contributed by atoms with E-state index in [1.807, 2.05) is 6.07 Å². The normalized spacial score (nSPS) is 11.8. The molecule has 103 valence electrons. The number of unbranched alkanes of at least 4 members (excludes halogenated alkanes) is 2. The number of ether oxygens (including phenoxy) is 1. The number of rotatable bonds is 6. The van der Waals surface area contributed by atoms with Gasteiger partial charge in [-0.3, -0.25) is 0 Å². The lowest BCUT2D eigenvalue weighted by atomic mass is 10.0. The number of hydrogen-bond donors (Lipinski definition) is 0. The standard InChI is InChI=1S/C18H20NO/c1-2-3-6-11-20-13-14-9-10-18-16(12-14)15-7-4-5-8-17(15)19-18/h4-5,7-10,12H,2-3,6,11,13H2,1H3. The Balaban J connectivity index is 1.68. The van der Waals surface area contributed by atoms with Gasteiger partial charge in [0.2, 0.25) is 0 Å². The van der Waals surface area contributed by atoms with Crippen LogP contribution in [0.1, 0.15) is 31.7 Å². The number of nitrogens with zero attached hydrogens (tertiary/aromatic N) is 1. The average molecular weight is 266 g/mol. The summed E-state index contributed by atoms with van der Waals surface area (Å²) in [7, 11) is 0. The highest BCUT2D eigenvalue weighted by molar-refractivity contribution is 5.90. The van der Waals surface area contributed by atoms with Gasteiger partial charge >= 0.3 is 0 Å². The molecule has 2 heteroatoms. The first-order chi connectivity index (χ1) is 9.88. The first-order valence-electron chi connectivity index (χ1n) is 7.40. The van der Waals surface area contributed by atoms with Crippen molar-refractivity contribution in [2.24, 2.45) is 0 Å². The van der Waals surface area contributed by atoms with E-state index < -0.39 is 0 Å². The molecular weight excluding hydrogens is 246 g/mol. The SMILES string of the molecule is CCCCCOCc1ccc2c(c1)-c1ccccc1[N]2. The van der Waals surface area contributed by atoms with Gasteiger partial charge in [0.15, 0.2) is 0 Å². The zero-order chi connectivity index (χ0) is 13.8. The largest absolute Gasteiger partial charge is 0.377 e. The summed E-state index contributed by atoms with van der Waals surface area (Å²) in [6, 6.07) is 14.7. The average Bonchev–Trinajstić information content (AvgIpc) is 2.85. The fraction of sp³-hybridized carbons (Fsp3) is 0.333. The van der Waals surface area contributed by atoms with Crippen molar-refractivity contribution >= 4 is 11.4 Å². The van der Waals surface area contributed by atoms with E-state index in [-0.39, 0.29) is 0 Å². The molecule has 0 bridgehead atoms. The van der Waals surface area contributed by atoms with E-state index in [1.54, 1.807) is 0 Å². The lowest BCUT2D eigenvalue weighted by Crippen LogP contribution is -1.95. The molecule has 1 heterocycles. The topological polar surface area (TPSA) is 23.3 Å². The lowest BCUT2D eigenvalue weighted by Gasteiger charge is -2.06. The molecule has 1 radical (unpaired) electrons. The fourth-order valence-corrected chi connectivity index (χ4v) is 2.56. The Morgan fingerprint density at radius 3 is 2.70 bits per heavy atom. The van der Waals surface area contributed by atoms with E-state index >= 15 is 0 Å². The van der Waals surface area contributed by atoms with Crippen LogP contribution in [0.5, 0.6) is 0 Å². The maximum atomic E-state index is 5.74. The van der Waals surface area contributed by atoms with Gasteiger partial charge in [0.05, 0.1) is 18.0 Å². The third-order valence-electron chi connectivity index (χ3n) is 3.66. The van der Waals surface area contributed by atoms with Crippen LogP contribution >= 0.6 is 0 Å². The quantitative estimate of drug-likeness (QED) is 0.579. The highest BCUT2D eigenvalue weighted by atomic mass is 16.5. The van der Waals surface area contributed by atoms with Crippen LogP contribution in [0.4, 0.5) is 11.4 Å². The van der Waals surface area contributed by atoms with Crippen LogP contribution in [-0.4, -0.2) is 6.61 Å². The van der Waals surface area contributed by atoms with Gasteiger partial charge in [0.1, 0.15) is 0 Å². The highest BCUT2D eigenvalue weighted by Crippen LogP contribution is 2.42. The summed E-state index contributed by atoms with van der Waals surface area (Å²) < 4.78 is 5.74. The second-order valence-corrected chi connectivity index (χ2v) is 5.24. The third-order valence-corrected chi connectivity index (χ3v) is 3.66. The first kappa shape index (κ1) is 13.2. The van der Waals surface area contributed by atoms with Crippen LogP contribution < -0.4 is 5.32 Å². The van der Waals surface area contributed by atoms with Gasteiger partial charge < -0.3 is 4.74 Å². The minimum absolute atomic E-state index is 0.694. The number of fused-ring (bicyclic) bond motifs is 3. The predicted molar refractivity (Wildman–Crippen MR) is 82.5 cm³/mol. The summed E-state index contributed by atoms with van der Waals surface area (Å²) in [6.07, 6.45) is 3.64. The van der Waals surface area contributed by atoms with E-state index in [9.17, 15) is 0 Å². The summed E-state index contributed by atoms with van der Waals surface area (Å²) >= 11 is 0. The molecule has 2 aromatic rings. The van der Waals surface area contributed by atoms with Crippen molar-refractivity contribution in [2.45, 2.75) is 32.8 Å². The van der Waals surface area contributed by atoms with E-state index in [2.05, 4.69) is 48.6 Å². The highest BCUT2D eigenvalue weighted by Gasteiger charge is 2.18. The second kappa shape index (κ2) is 6.10. The van der Waals surface area contributed by atoms with Crippen molar-refractivity contribution in [1.29, 1.82) is 0 Å². The molecule has 2 nitrogen and oxygen atoms in total. The van der Waals surface area contributed by atoms with Crippen LogP contribution in [0, 0.1) is 0 Å². The molecule has 0 unspecified atom stereocenters. The maximum Gasteiger partial charge on any atom is 0.0717 e. The molecule has 0 amide bonds. The summed E-state index contributed by atoms with van der Waals surface area (Å²) in [4.78, 5) is 0. The zero-order valence-corrected chi connectivity index (χ0v) is 11.9. The van der Waals surface area contributed by atoms with Crippen LogP contribution in [0.25, 0.3) is 11.1 Å². The second-order valence-electron chi connectivity index (χ2n) is 5.24. The molecule has 0 N–H and O–H groups in total. The van der Waals surface area contributed by atoms with E-state index in [0.29, 0.717) is 6.61 Å². The van der Waals surface area contributed by atoms with Gasteiger partial charge in [-0.05, 0) is 30.2 Å². The molecule has 3 rings (SSSR count). The van der Waals surface area contributed by atoms with Crippen LogP contribution in [0.15, 0.2) is 42.5 Å². The van der Waals surface area contributed by atoms with Gasteiger partial charge in [0.25, 0.3) is 0 Å². The minimum atomic E-state index is 0.694. The molecule has 0 aromatic heterocycles. The Morgan fingerprint density at radius 2 is 1.80 bits per heavy atom. The van der Waals surface area contributed by atoms with Crippen molar-refractivity contribution in [1.82, 2.24) is 5.32 Å². The van der Waals surface area contributed by atoms with E-state index in [1.165, 1.54) is 29.5 Å². The predicted octanol–water partition coefficient (Wildman–Crippen LogP) is 4.94. The van der Waals surface area contributed by atoms with Crippen LogP contribution in [0.2, 0.25) is 0 Å². The molecule has 20 heavy (non-hydrogen) atoms. The van der Waals surface area contributed by atoms with Gasteiger partial charge in [0, 0.05) is 17.7 Å². The summed E-state index contributed by atoms with van der Waals surface area (Å²) in [6.45, 7) is 3.76. The molecule has 2 aromatic carbocycles. The van der Waals surface area contributed by atoms with Gasteiger partial charge in [-0.15, -0.1) is 0 Å². The van der Waals surface area contributed by atoms with E-state index in [4.69, 9.17) is 4.74 Å². The molecule has 0 atom stereocenters. The van der Waals surface area contributed by atoms with Crippen LogP contribution in [0.3, 0.4) is 0 Å². The minimum Gasteiger partial charge on any atom is -0.377 e. The summed E-state index contributed by atoms with van der Waals surface area (Å²) in [5.41, 5.74) is 5.84.